The third kappa shape index (κ3) is 2.64. The summed E-state index contributed by atoms with van der Waals surface area (Å²) in [4.78, 5) is 20.3. The molecule has 1 atom stereocenters. The van der Waals surface area contributed by atoms with Crippen LogP contribution in [0, 0.1) is 4.77 Å². The molecule has 3 aromatic rings. The number of benzene rings is 1. The topological polar surface area (TPSA) is 42.2 Å². The van der Waals surface area contributed by atoms with Gasteiger partial charge < -0.3 is 9.88 Å². The van der Waals surface area contributed by atoms with Gasteiger partial charge in [-0.25, -0.2) is 0 Å². The van der Waals surface area contributed by atoms with E-state index in [1.807, 2.05) is 30.3 Å². The van der Waals surface area contributed by atoms with Crippen LogP contribution in [0.2, 0.25) is 0 Å². The highest BCUT2D eigenvalue weighted by atomic mass is 32.1. The van der Waals surface area contributed by atoms with E-state index in [2.05, 4.69) is 11.9 Å². The number of hydrogen-bond donors (Lipinski definition) is 2. The Hall–Kier alpha value is -1.76. The van der Waals surface area contributed by atoms with Crippen LogP contribution in [0.15, 0.2) is 35.1 Å². The van der Waals surface area contributed by atoms with Crippen LogP contribution in [-0.4, -0.2) is 22.6 Å². The van der Waals surface area contributed by atoms with Crippen LogP contribution in [0.3, 0.4) is 0 Å². The molecule has 2 aromatic heterocycles. The van der Waals surface area contributed by atoms with Crippen LogP contribution in [0.4, 0.5) is 0 Å². The summed E-state index contributed by atoms with van der Waals surface area (Å²) >= 11 is 7.17. The van der Waals surface area contributed by atoms with Crippen LogP contribution in [0.25, 0.3) is 10.2 Å². The lowest BCUT2D eigenvalue weighted by Gasteiger charge is -2.22. The van der Waals surface area contributed by atoms with E-state index in [-0.39, 0.29) is 5.56 Å². The van der Waals surface area contributed by atoms with Crippen molar-refractivity contribution in [3.8, 4) is 0 Å². The maximum Gasteiger partial charge on any atom is 0.263 e. The molecule has 1 unspecified atom stereocenters. The summed E-state index contributed by atoms with van der Waals surface area (Å²) in [5, 5.41) is 0.856. The molecule has 1 aromatic carbocycles. The second-order valence-corrected chi connectivity index (χ2v) is 7.79. The molecule has 4 nitrogen and oxygen atoms in total. The molecule has 1 aliphatic rings. The molecular weight excluding hydrogens is 338 g/mol. The fourth-order valence-corrected chi connectivity index (χ4v) is 5.08. The van der Waals surface area contributed by atoms with Gasteiger partial charge in [0.1, 0.15) is 11.4 Å². The van der Waals surface area contributed by atoms with E-state index in [0.717, 1.165) is 41.8 Å². The lowest BCUT2D eigenvalue weighted by Crippen LogP contribution is -3.11. The fraction of sp³-hybridized carbons (Fsp3) is 0.333. The molecule has 1 aliphatic heterocycles. The lowest BCUT2D eigenvalue weighted by molar-refractivity contribution is -0.913. The Kier molecular flexibility index (Phi) is 4.12. The van der Waals surface area contributed by atoms with Crippen LogP contribution in [-0.2, 0) is 19.5 Å². The van der Waals surface area contributed by atoms with Crippen molar-refractivity contribution in [2.24, 2.45) is 0 Å². The molecule has 0 bridgehead atoms. The highest BCUT2D eigenvalue weighted by Crippen LogP contribution is 2.29. The minimum absolute atomic E-state index is 0.0510. The number of hydrogen-bond acceptors (Lipinski definition) is 3. The number of aromatic amines is 1. The Balaban J connectivity index is 1.85. The van der Waals surface area contributed by atoms with Gasteiger partial charge in [0, 0.05) is 6.42 Å². The first-order valence-electron chi connectivity index (χ1n) is 8.32. The molecular formula is C18H20N3OS2+. The molecule has 6 heteroatoms. The number of aromatic nitrogens is 2. The van der Waals surface area contributed by atoms with Crippen molar-refractivity contribution >= 4 is 33.8 Å². The molecule has 0 saturated heterocycles. The molecule has 0 aliphatic carbocycles. The second kappa shape index (κ2) is 6.27. The van der Waals surface area contributed by atoms with E-state index < -0.39 is 0 Å². The minimum Gasteiger partial charge on any atom is -0.330 e. The third-order valence-electron chi connectivity index (χ3n) is 4.84. The summed E-state index contributed by atoms with van der Waals surface area (Å²) in [6, 6.07) is 10.0. The summed E-state index contributed by atoms with van der Waals surface area (Å²) in [5.41, 5.74) is 2.38. The van der Waals surface area contributed by atoms with E-state index in [1.54, 1.807) is 20.8 Å². The summed E-state index contributed by atoms with van der Waals surface area (Å²) < 4.78 is 2.20. The normalized spacial score (nSPS) is 17.1. The van der Waals surface area contributed by atoms with Crippen molar-refractivity contribution in [3.63, 3.8) is 0 Å². The predicted molar refractivity (Wildman–Crippen MR) is 101 cm³/mol. The van der Waals surface area contributed by atoms with Crippen LogP contribution in [0.1, 0.15) is 22.9 Å². The molecule has 0 spiro atoms. The average Bonchev–Trinajstić information content (AvgIpc) is 2.96. The van der Waals surface area contributed by atoms with Gasteiger partial charge >= 0.3 is 0 Å². The van der Waals surface area contributed by atoms with Gasteiger partial charge in [-0.1, -0.05) is 30.3 Å². The highest BCUT2D eigenvalue weighted by molar-refractivity contribution is 7.71. The number of fused-ring (bicyclic) bond motifs is 3. The van der Waals surface area contributed by atoms with E-state index in [9.17, 15) is 4.79 Å². The van der Waals surface area contributed by atoms with Gasteiger partial charge in [-0.15, -0.1) is 11.3 Å². The Labute approximate surface area is 149 Å². The standard InChI is InChI=1S/C18H19N3OS2/c1-2-20-9-8-13-14(11-20)24-16-15(13)17(22)21(18(23)19-16)10-12-6-4-3-5-7-12/h3-7H,2,8-11H2,1H3,(H,19,23)/p+1. The zero-order valence-electron chi connectivity index (χ0n) is 13.6. The second-order valence-electron chi connectivity index (χ2n) is 6.30. The zero-order valence-corrected chi connectivity index (χ0v) is 15.2. The van der Waals surface area contributed by atoms with Crippen molar-refractivity contribution in [1.29, 1.82) is 0 Å². The van der Waals surface area contributed by atoms with E-state index in [0.29, 0.717) is 11.3 Å². The van der Waals surface area contributed by atoms with Crippen LogP contribution in [0.5, 0.6) is 0 Å². The first-order valence-corrected chi connectivity index (χ1v) is 9.54. The molecule has 24 heavy (non-hydrogen) atoms. The number of likely N-dealkylation sites (N-methyl/N-ethyl adjacent to an activating group) is 1. The van der Waals surface area contributed by atoms with Gasteiger partial charge in [0.05, 0.1) is 29.9 Å². The van der Waals surface area contributed by atoms with Crippen molar-refractivity contribution in [2.45, 2.75) is 26.4 Å². The SMILES string of the molecule is CC[NH+]1CCc2c(sc3[nH]c(=S)n(Cc4ccccc4)c(=O)c23)C1. The van der Waals surface area contributed by atoms with Gasteiger partial charge in [0.25, 0.3) is 5.56 Å². The molecule has 0 fully saturated rings. The fourth-order valence-electron chi connectivity index (χ4n) is 3.45. The molecule has 4 rings (SSSR count). The minimum atomic E-state index is 0.0510. The van der Waals surface area contributed by atoms with Gasteiger partial charge in [0.15, 0.2) is 4.77 Å². The van der Waals surface area contributed by atoms with Gasteiger partial charge in [-0.05, 0) is 30.3 Å². The van der Waals surface area contributed by atoms with Crippen molar-refractivity contribution in [1.82, 2.24) is 9.55 Å². The average molecular weight is 359 g/mol. The number of quaternary nitrogens is 1. The van der Waals surface area contributed by atoms with E-state index >= 15 is 0 Å². The third-order valence-corrected chi connectivity index (χ3v) is 6.31. The summed E-state index contributed by atoms with van der Waals surface area (Å²) in [6.45, 7) is 5.98. The van der Waals surface area contributed by atoms with Crippen molar-refractivity contribution < 1.29 is 4.90 Å². The largest absolute Gasteiger partial charge is 0.330 e. The number of nitrogens with zero attached hydrogens (tertiary/aromatic N) is 1. The van der Waals surface area contributed by atoms with Gasteiger partial charge in [-0.3, -0.25) is 9.36 Å². The van der Waals surface area contributed by atoms with Crippen molar-refractivity contribution in [3.05, 3.63) is 61.5 Å². The summed E-state index contributed by atoms with van der Waals surface area (Å²) in [6.07, 6.45) is 0.976. The monoisotopic (exact) mass is 358 g/mol. The summed E-state index contributed by atoms with van der Waals surface area (Å²) in [5.74, 6) is 0. The van der Waals surface area contributed by atoms with Crippen LogP contribution >= 0.6 is 23.6 Å². The number of nitrogens with one attached hydrogen (secondary N) is 2. The number of rotatable bonds is 3. The predicted octanol–water partition coefficient (Wildman–Crippen LogP) is 2.13. The zero-order chi connectivity index (χ0) is 16.7. The summed E-state index contributed by atoms with van der Waals surface area (Å²) in [7, 11) is 0. The Bertz CT molecular complexity index is 1000. The Morgan fingerprint density at radius 2 is 2.12 bits per heavy atom. The molecule has 0 amide bonds. The molecule has 0 saturated carbocycles. The van der Waals surface area contributed by atoms with Crippen LogP contribution < -0.4 is 10.5 Å². The molecule has 2 N–H and O–H groups in total. The molecule has 124 valence electrons. The number of thiophene rings is 1. The van der Waals surface area contributed by atoms with E-state index in [1.165, 1.54) is 10.4 Å². The lowest BCUT2D eigenvalue weighted by atomic mass is 10.1. The Morgan fingerprint density at radius 3 is 2.88 bits per heavy atom. The number of H-pyrrole nitrogens is 1. The molecule has 3 heterocycles. The maximum atomic E-state index is 13.1. The molecule has 0 radical (unpaired) electrons. The van der Waals surface area contributed by atoms with Crippen molar-refractivity contribution in [2.75, 3.05) is 13.1 Å². The highest BCUT2D eigenvalue weighted by Gasteiger charge is 2.25. The Morgan fingerprint density at radius 1 is 1.33 bits per heavy atom. The smallest absolute Gasteiger partial charge is 0.263 e. The van der Waals surface area contributed by atoms with Gasteiger partial charge in [0.2, 0.25) is 0 Å². The maximum absolute atomic E-state index is 13.1. The van der Waals surface area contributed by atoms with Gasteiger partial charge in [-0.2, -0.15) is 0 Å². The van der Waals surface area contributed by atoms with E-state index in [4.69, 9.17) is 12.2 Å². The first kappa shape index (κ1) is 15.7. The quantitative estimate of drug-likeness (QED) is 0.705. The first-order chi connectivity index (χ1) is 11.7.